The van der Waals surface area contributed by atoms with Crippen LogP contribution in [-0.2, 0) is 10.5 Å². The van der Waals surface area contributed by atoms with Crippen molar-refractivity contribution in [1.29, 1.82) is 0 Å². The predicted molar refractivity (Wildman–Crippen MR) is 139 cm³/mol. The van der Waals surface area contributed by atoms with Crippen molar-refractivity contribution in [3.63, 3.8) is 0 Å². The van der Waals surface area contributed by atoms with Gasteiger partial charge in [-0.1, -0.05) is 0 Å². The zero-order valence-electron chi connectivity index (χ0n) is 20.7. The quantitative estimate of drug-likeness (QED) is 0.552. The van der Waals surface area contributed by atoms with Crippen molar-refractivity contribution in [2.75, 3.05) is 59.1 Å². The first kappa shape index (κ1) is 24.6. The molecule has 6 rings (SSSR count). The number of halogens is 1. The van der Waals surface area contributed by atoms with Gasteiger partial charge in [-0.3, -0.25) is 14.6 Å². The fourth-order valence-corrected chi connectivity index (χ4v) is 6.74. The van der Waals surface area contributed by atoms with Gasteiger partial charge in [0.2, 0.25) is 0 Å². The Labute approximate surface area is 215 Å². The number of aromatic amines is 1. The van der Waals surface area contributed by atoms with E-state index in [9.17, 15) is 9.18 Å². The standard InChI is InChI=1S/C26H36FN5O3S/c27-22-9-20(10-23-25(22)26(33)30-24(29-23)16-36-21-3-7-34-8-4-21)35-15-17-1-5-31(6-2-17)19-13-32(14-19)18-11-28-12-18/h9-10,17-19,21,28H,1-8,11-16H2,(H,29,30,33). The van der Waals surface area contributed by atoms with Crippen LogP contribution in [0.1, 0.15) is 31.5 Å². The van der Waals surface area contributed by atoms with Crippen LogP contribution in [0.25, 0.3) is 10.9 Å². The van der Waals surface area contributed by atoms with E-state index in [0.29, 0.717) is 46.7 Å². The molecule has 4 fully saturated rings. The first-order valence-electron chi connectivity index (χ1n) is 13.4. The van der Waals surface area contributed by atoms with E-state index >= 15 is 0 Å². The third-order valence-electron chi connectivity index (χ3n) is 8.23. The Balaban J connectivity index is 1.02. The highest BCUT2D eigenvalue weighted by atomic mass is 32.2. The number of hydrogen-bond acceptors (Lipinski definition) is 8. The summed E-state index contributed by atoms with van der Waals surface area (Å²) < 4.78 is 26.3. The number of thioether (sulfide) groups is 1. The number of hydrogen-bond donors (Lipinski definition) is 2. The lowest BCUT2D eigenvalue weighted by Crippen LogP contribution is -2.69. The van der Waals surface area contributed by atoms with Gasteiger partial charge in [0, 0.05) is 68.9 Å². The zero-order valence-corrected chi connectivity index (χ0v) is 21.5. The van der Waals surface area contributed by atoms with Crippen molar-refractivity contribution in [2.24, 2.45) is 5.92 Å². The third kappa shape index (κ3) is 5.43. The fraction of sp³-hybridized carbons (Fsp3) is 0.692. The van der Waals surface area contributed by atoms with Gasteiger partial charge in [0.15, 0.2) is 0 Å². The van der Waals surface area contributed by atoms with Crippen LogP contribution >= 0.6 is 11.8 Å². The van der Waals surface area contributed by atoms with Crippen molar-refractivity contribution in [1.82, 2.24) is 25.1 Å². The predicted octanol–water partition coefficient (Wildman–Crippen LogP) is 2.22. The van der Waals surface area contributed by atoms with Gasteiger partial charge in [-0.05, 0) is 44.7 Å². The lowest BCUT2D eigenvalue weighted by Gasteiger charge is -2.52. The molecule has 196 valence electrons. The maximum atomic E-state index is 14.8. The van der Waals surface area contributed by atoms with E-state index < -0.39 is 11.4 Å². The van der Waals surface area contributed by atoms with Crippen LogP contribution in [0.15, 0.2) is 16.9 Å². The van der Waals surface area contributed by atoms with Crippen molar-refractivity contribution in [2.45, 2.75) is 48.8 Å². The topological polar surface area (TPSA) is 82.7 Å². The molecule has 0 amide bonds. The van der Waals surface area contributed by atoms with E-state index in [1.54, 1.807) is 17.8 Å². The van der Waals surface area contributed by atoms with E-state index in [0.717, 1.165) is 71.1 Å². The van der Waals surface area contributed by atoms with Crippen LogP contribution in [0.5, 0.6) is 5.75 Å². The highest BCUT2D eigenvalue weighted by Gasteiger charge is 2.38. The first-order chi connectivity index (χ1) is 17.6. The minimum absolute atomic E-state index is 0.00250. The first-order valence-corrected chi connectivity index (χ1v) is 14.4. The van der Waals surface area contributed by atoms with Crippen molar-refractivity contribution in [3.8, 4) is 5.75 Å². The lowest BCUT2D eigenvalue weighted by molar-refractivity contribution is -0.0245. The monoisotopic (exact) mass is 517 g/mol. The number of nitrogens with one attached hydrogen (secondary N) is 2. The Morgan fingerprint density at radius 2 is 1.86 bits per heavy atom. The summed E-state index contributed by atoms with van der Waals surface area (Å²) in [7, 11) is 0. The summed E-state index contributed by atoms with van der Waals surface area (Å²) in [4.78, 5) is 25.1. The van der Waals surface area contributed by atoms with Gasteiger partial charge in [-0.2, -0.15) is 11.8 Å². The number of fused-ring (bicyclic) bond motifs is 1. The molecule has 1 aromatic carbocycles. The molecule has 0 unspecified atom stereocenters. The molecule has 0 atom stereocenters. The summed E-state index contributed by atoms with van der Waals surface area (Å²) in [6.07, 6.45) is 4.21. The number of likely N-dealkylation sites (tertiary alicyclic amines) is 2. The van der Waals surface area contributed by atoms with Crippen LogP contribution < -0.4 is 15.6 Å². The molecule has 0 spiro atoms. The second kappa shape index (κ2) is 10.9. The highest BCUT2D eigenvalue weighted by Crippen LogP contribution is 2.28. The molecule has 4 aliphatic rings. The van der Waals surface area contributed by atoms with Crippen molar-refractivity contribution in [3.05, 3.63) is 34.1 Å². The van der Waals surface area contributed by atoms with Gasteiger partial charge in [0.05, 0.1) is 17.9 Å². The molecular weight excluding hydrogens is 481 g/mol. The molecular formula is C26H36FN5O3S. The molecule has 0 aliphatic carbocycles. The molecule has 0 bridgehead atoms. The van der Waals surface area contributed by atoms with Crippen LogP contribution in [-0.4, -0.2) is 96.2 Å². The van der Waals surface area contributed by atoms with Gasteiger partial charge in [-0.25, -0.2) is 9.37 Å². The number of rotatable bonds is 8. The van der Waals surface area contributed by atoms with Crippen molar-refractivity contribution >= 4 is 22.7 Å². The highest BCUT2D eigenvalue weighted by molar-refractivity contribution is 7.99. The summed E-state index contributed by atoms with van der Waals surface area (Å²) in [5.41, 5.74) is -0.0653. The lowest BCUT2D eigenvalue weighted by atomic mass is 9.93. The molecule has 2 N–H and O–H groups in total. The van der Waals surface area contributed by atoms with E-state index in [4.69, 9.17) is 9.47 Å². The molecule has 4 aliphatic heterocycles. The van der Waals surface area contributed by atoms with Crippen LogP contribution in [0.2, 0.25) is 0 Å². The van der Waals surface area contributed by atoms with Crippen molar-refractivity contribution < 1.29 is 13.9 Å². The molecule has 0 radical (unpaired) electrons. The Morgan fingerprint density at radius 3 is 2.58 bits per heavy atom. The molecule has 8 nitrogen and oxygen atoms in total. The van der Waals surface area contributed by atoms with E-state index in [-0.39, 0.29) is 5.39 Å². The smallest absolute Gasteiger partial charge is 0.261 e. The van der Waals surface area contributed by atoms with Gasteiger partial charge in [0.25, 0.3) is 5.56 Å². The van der Waals surface area contributed by atoms with Gasteiger partial charge >= 0.3 is 0 Å². The Hall–Kier alpha value is -1.72. The number of aromatic nitrogens is 2. The van der Waals surface area contributed by atoms with E-state index in [1.165, 1.54) is 19.2 Å². The average Bonchev–Trinajstić information content (AvgIpc) is 2.83. The minimum atomic E-state index is -0.578. The fourth-order valence-electron chi connectivity index (χ4n) is 5.69. The number of piperidine rings is 1. The molecule has 10 heteroatoms. The van der Waals surface area contributed by atoms with Crippen LogP contribution in [0, 0.1) is 11.7 Å². The number of ether oxygens (including phenoxy) is 2. The SMILES string of the molecule is O=c1[nH]c(CSC2CCOCC2)nc2cc(OCC3CCN(C4CN(C5CNC5)C4)CC3)cc(F)c12. The second-order valence-corrected chi connectivity index (χ2v) is 11.9. The van der Waals surface area contributed by atoms with Crippen LogP contribution in [0.4, 0.5) is 4.39 Å². The maximum Gasteiger partial charge on any atom is 0.261 e. The second-order valence-electron chi connectivity index (χ2n) is 10.6. The van der Waals surface area contributed by atoms with Gasteiger partial charge in [0.1, 0.15) is 22.8 Å². The Bertz CT molecular complexity index is 1110. The number of H-pyrrole nitrogens is 1. The molecule has 4 saturated heterocycles. The van der Waals surface area contributed by atoms with Crippen LogP contribution in [0.3, 0.4) is 0 Å². The summed E-state index contributed by atoms with van der Waals surface area (Å²) in [6, 6.07) is 4.48. The largest absolute Gasteiger partial charge is 0.493 e. The summed E-state index contributed by atoms with van der Waals surface area (Å²) in [6.45, 7) is 9.02. The molecule has 2 aromatic rings. The summed E-state index contributed by atoms with van der Waals surface area (Å²) in [5.74, 6) is 1.51. The third-order valence-corrected chi connectivity index (χ3v) is 9.61. The van der Waals surface area contributed by atoms with E-state index in [1.807, 2.05) is 0 Å². The van der Waals surface area contributed by atoms with Gasteiger partial charge < -0.3 is 19.8 Å². The van der Waals surface area contributed by atoms with Gasteiger partial charge in [-0.15, -0.1) is 0 Å². The maximum absolute atomic E-state index is 14.8. The molecule has 1 aromatic heterocycles. The number of benzene rings is 1. The molecule has 36 heavy (non-hydrogen) atoms. The average molecular weight is 518 g/mol. The Kier molecular flexibility index (Phi) is 7.48. The minimum Gasteiger partial charge on any atom is -0.493 e. The zero-order chi connectivity index (χ0) is 24.5. The molecule has 5 heterocycles. The number of nitrogens with zero attached hydrogens (tertiary/aromatic N) is 3. The van der Waals surface area contributed by atoms with E-state index in [2.05, 4.69) is 25.1 Å². The Morgan fingerprint density at radius 1 is 1.08 bits per heavy atom. The molecule has 0 saturated carbocycles. The normalized spacial score (nSPS) is 23.6. The summed E-state index contributed by atoms with van der Waals surface area (Å²) >= 11 is 1.77. The summed E-state index contributed by atoms with van der Waals surface area (Å²) in [5, 5.41) is 3.86.